The van der Waals surface area contributed by atoms with Crippen LogP contribution in [0.2, 0.25) is 0 Å². The van der Waals surface area contributed by atoms with E-state index in [1.165, 1.54) is 11.3 Å². The Hall–Kier alpha value is -3.15. The standard InChI is InChI=1S/C20H21N5O/c1-15(24-11-9-16-5-2-3-8-19(16)24)14-21-20(26)17-6-4-7-18(13-17)25-12-10-22-23-25/h2-8,10,12-13,15H,9,11,14H2,1H3,(H,21,26). The number of benzene rings is 2. The van der Waals surface area contributed by atoms with E-state index in [-0.39, 0.29) is 11.9 Å². The first kappa shape index (κ1) is 16.3. The molecule has 132 valence electrons. The fourth-order valence-corrected chi connectivity index (χ4v) is 3.41. The third kappa shape index (κ3) is 3.18. The van der Waals surface area contributed by atoms with E-state index in [9.17, 15) is 4.79 Å². The highest BCUT2D eigenvalue weighted by molar-refractivity contribution is 5.94. The van der Waals surface area contributed by atoms with Crippen molar-refractivity contribution in [2.75, 3.05) is 18.0 Å². The zero-order valence-corrected chi connectivity index (χ0v) is 14.7. The van der Waals surface area contributed by atoms with Crippen molar-refractivity contribution in [2.24, 2.45) is 0 Å². The SMILES string of the molecule is CC(CNC(=O)c1cccc(-n2ccnn2)c1)N1CCc2ccccc21. The van der Waals surface area contributed by atoms with Crippen LogP contribution in [-0.2, 0) is 6.42 Å². The van der Waals surface area contributed by atoms with E-state index in [1.807, 2.05) is 24.3 Å². The molecule has 2 heterocycles. The Bertz CT molecular complexity index is 906. The first-order chi connectivity index (χ1) is 12.7. The predicted molar refractivity (Wildman–Crippen MR) is 101 cm³/mol. The van der Waals surface area contributed by atoms with E-state index < -0.39 is 0 Å². The third-order valence-corrected chi connectivity index (χ3v) is 4.81. The number of nitrogens with zero attached hydrogens (tertiary/aromatic N) is 4. The van der Waals surface area contributed by atoms with Crippen LogP contribution in [0, 0.1) is 0 Å². The van der Waals surface area contributed by atoms with Crippen LogP contribution in [-0.4, -0.2) is 40.0 Å². The second-order valence-electron chi connectivity index (χ2n) is 6.53. The zero-order valence-electron chi connectivity index (χ0n) is 14.7. The molecule has 1 atom stereocenters. The van der Waals surface area contributed by atoms with Gasteiger partial charge in [-0.2, -0.15) is 0 Å². The maximum atomic E-state index is 12.6. The number of carbonyl (C=O) groups excluding carboxylic acids is 1. The highest BCUT2D eigenvalue weighted by Crippen LogP contribution is 2.28. The zero-order chi connectivity index (χ0) is 17.9. The molecule has 1 amide bonds. The van der Waals surface area contributed by atoms with E-state index >= 15 is 0 Å². The van der Waals surface area contributed by atoms with Crippen LogP contribution in [0.1, 0.15) is 22.8 Å². The van der Waals surface area contributed by atoms with Gasteiger partial charge in [-0.05, 0) is 43.2 Å². The quantitative estimate of drug-likeness (QED) is 0.770. The van der Waals surface area contributed by atoms with Crippen molar-refractivity contribution in [1.82, 2.24) is 20.3 Å². The van der Waals surface area contributed by atoms with E-state index in [0.717, 1.165) is 18.7 Å². The second-order valence-corrected chi connectivity index (χ2v) is 6.53. The molecule has 1 N–H and O–H groups in total. The van der Waals surface area contributed by atoms with Crippen LogP contribution >= 0.6 is 0 Å². The lowest BCUT2D eigenvalue weighted by Crippen LogP contribution is -2.41. The number of para-hydroxylation sites is 1. The minimum atomic E-state index is -0.0775. The summed E-state index contributed by atoms with van der Waals surface area (Å²) in [7, 11) is 0. The molecule has 0 saturated carbocycles. The summed E-state index contributed by atoms with van der Waals surface area (Å²) in [5.41, 5.74) is 4.09. The summed E-state index contributed by atoms with van der Waals surface area (Å²) < 4.78 is 1.64. The Labute approximate surface area is 152 Å². The van der Waals surface area contributed by atoms with Crippen LogP contribution in [0.25, 0.3) is 5.69 Å². The van der Waals surface area contributed by atoms with Gasteiger partial charge in [-0.15, -0.1) is 5.10 Å². The molecule has 2 aromatic carbocycles. The van der Waals surface area contributed by atoms with Crippen molar-refractivity contribution in [3.63, 3.8) is 0 Å². The highest BCUT2D eigenvalue weighted by Gasteiger charge is 2.23. The Balaban J connectivity index is 1.41. The molecule has 26 heavy (non-hydrogen) atoms. The van der Waals surface area contributed by atoms with Crippen LogP contribution in [0.3, 0.4) is 0 Å². The minimum absolute atomic E-state index is 0.0775. The molecule has 0 aliphatic carbocycles. The number of nitrogens with one attached hydrogen (secondary N) is 1. The van der Waals surface area contributed by atoms with Crippen molar-refractivity contribution in [3.05, 3.63) is 72.1 Å². The van der Waals surface area contributed by atoms with Crippen molar-refractivity contribution in [3.8, 4) is 5.69 Å². The molecule has 1 unspecified atom stereocenters. The summed E-state index contributed by atoms with van der Waals surface area (Å²) in [4.78, 5) is 14.9. The number of carbonyl (C=O) groups is 1. The fourth-order valence-electron chi connectivity index (χ4n) is 3.41. The molecule has 0 spiro atoms. The predicted octanol–water partition coefficient (Wildman–Crippen LogP) is 2.45. The molecule has 0 bridgehead atoms. The lowest BCUT2D eigenvalue weighted by atomic mass is 10.1. The molecular formula is C20H21N5O. The Morgan fingerprint density at radius 1 is 1.23 bits per heavy atom. The smallest absolute Gasteiger partial charge is 0.251 e. The fraction of sp³-hybridized carbons (Fsp3) is 0.250. The lowest BCUT2D eigenvalue weighted by Gasteiger charge is -2.27. The maximum Gasteiger partial charge on any atom is 0.251 e. The van der Waals surface area contributed by atoms with Crippen molar-refractivity contribution in [1.29, 1.82) is 0 Å². The Morgan fingerprint density at radius 2 is 2.12 bits per heavy atom. The largest absolute Gasteiger partial charge is 0.366 e. The summed E-state index contributed by atoms with van der Waals surface area (Å²) in [5, 5.41) is 10.8. The van der Waals surface area contributed by atoms with Gasteiger partial charge in [-0.1, -0.05) is 29.5 Å². The molecule has 0 radical (unpaired) electrons. The highest BCUT2D eigenvalue weighted by atomic mass is 16.1. The molecule has 3 aromatic rings. The number of aromatic nitrogens is 3. The van der Waals surface area contributed by atoms with E-state index in [1.54, 1.807) is 17.1 Å². The molecule has 0 fully saturated rings. The van der Waals surface area contributed by atoms with Crippen LogP contribution < -0.4 is 10.2 Å². The average Bonchev–Trinajstić information content (AvgIpc) is 3.36. The number of fused-ring (bicyclic) bond motifs is 1. The van der Waals surface area contributed by atoms with Gasteiger partial charge in [0.25, 0.3) is 5.91 Å². The van der Waals surface area contributed by atoms with Gasteiger partial charge in [0.1, 0.15) is 0 Å². The van der Waals surface area contributed by atoms with E-state index in [4.69, 9.17) is 0 Å². The summed E-state index contributed by atoms with van der Waals surface area (Å²) in [6, 6.07) is 16.1. The third-order valence-electron chi connectivity index (χ3n) is 4.81. The number of rotatable bonds is 5. The molecule has 1 aliphatic rings. The Kier molecular flexibility index (Phi) is 4.39. The second kappa shape index (κ2) is 7.00. The summed E-state index contributed by atoms with van der Waals surface area (Å²) in [6.07, 6.45) is 4.43. The molecule has 0 saturated heterocycles. The van der Waals surface area contributed by atoms with Crippen LogP contribution in [0.4, 0.5) is 5.69 Å². The van der Waals surface area contributed by atoms with E-state index in [0.29, 0.717) is 12.1 Å². The number of anilines is 1. The first-order valence-corrected chi connectivity index (χ1v) is 8.82. The number of hydrogen-bond donors (Lipinski definition) is 1. The van der Waals surface area contributed by atoms with Crippen LogP contribution in [0.15, 0.2) is 60.9 Å². The Morgan fingerprint density at radius 3 is 2.96 bits per heavy atom. The molecular weight excluding hydrogens is 326 g/mol. The minimum Gasteiger partial charge on any atom is -0.366 e. The average molecular weight is 347 g/mol. The number of hydrogen-bond acceptors (Lipinski definition) is 4. The molecule has 6 nitrogen and oxygen atoms in total. The van der Waals surface area contributed by atoms with Gasteiger partial charge >= 0.3 is 0 Å². The van der Waals surface area contributed by atoms with Gasteiger partial charge in [0.2, 0.25) is 0 Å². The van der Waals surface area contributed by atoms with Gasteiger partial charge < -0.3 is 10.2 Å². The monoisotopic (exact) mass is 347 g/mol. The van der Waals surface area contributed by atoms with Gasteiger partial charge in [0.15, 0.2) is 0 Å². The lowest BCUT2D eigenvalue weighted by molar-refractivity contribution is 0.0951. The normalized spacial score (nSPS) is 14.1. The van der Waals surface area contributed by atoms with Gasteiger partial charge in [-0.25, -0.2) is 4.68 Å². The topological polar surface area (TPSA) is 63.1 Å². The van der Waals surface area contributed by atoms with Crippen LogP contribution in [0.5, 0.6) is 0 Å². The first-order valence-electron chi connectivity index (χ1n) is 8.82. The molecule has 4 rings (SSSR count). The molecule has 6 heteroatoms. The van der Waals surface area contributed by atoms with Gasteiger partial charge in [0.05, 0.1) is 18.1 Å². The van der Waals surface area contributed by atoms with E-state index in [2.05, 4.69) is 51.7 Å². The summed E-state index contributed by atoms with van der Waals surface area (Å²) >= 11 is 0. The maximum absolute atomic E-state index is 12.6. The van der Waals surface area contributed by atoms with Gasteiger partial charge in [0, 0.05) is 30.4 Å². The summed E-state index contributed by atoms with van der Waals surface area (Å²) in [6.45, 7) is 3.74. The summed E-state index contributed by atoms with van der Waals surface area (Å²) in [5.74, 6) is -0.0775. The van der Waals surface area contributed by atoms with Crippen molar-refractivity contribution in [2.45, 2.75) is 19.4 Å². The number of amides is 1. The molecule has 1 aromatic heterocycles. The van der Waals surface area contributed by atoms with Gasteiger partial charge in [-0.3, -0.25) is 4.79 Å². The van der Waals surface area contributed by atoms with Crippen molar-refractivity contribution >= 4 is 11.6 Å². The van der Waals surface area contributed by atoms with Crippen molar-refractivity contribution < 1.29 is 4.79 Å². The molecule has 1 aliphatic heterocycles.